The Morgan fingerprint density at radius 2 is 1.66 bits per heavy atom. The molecular weight excluding hydrogens is 534 g/mol. The minimum atomic E-state index is -0.970. The average molecular weight is 576 g/mol. The molecule has 3 amide bonds. The molecule has 0 spiro atoms. The SMILES string of the molecule is C=CCN(C(=O)C(CCSC)NC(=O)OC(C)(C)C)C(C(=O)Nc1ccc2ccccc2c1)c1cc(C)cc(C)c1. The Bertz CT molecular complexity index is 1380. The van der Waals surface area contributed by atoms with Gasteiger partial charge in [0.15, 0.2) is 0 Å². The average Bonchev–Trinajstić information content (AvgIpc) is 2.88. The number of ether oxygens (including phenoxy) is 1. The van der Waals surface area contributed by atoms with Crippen molar-refractivity contribution in [1.29, 1.82) is 0 Å². The first-order valence-electron chi connectivity index (χ1n) is 13.7. The molecule has 8 heteroatoms. The van der Waals surface area contributed by atoms with Crippen molar-refractivity contribution in [2.24, 2.45) is 0 Å². The van der Waals surface area contributed by atoms with E-state index in [-0.39, 0.29) is 18.4 Å². The molecule has 3 aromatic rings. The monoisotopic (exact) mass is 575 g/mol. The predicted molar refractivity (Wildman–Crippen MR) is 169 cm³/mol. The van der Waals surface area contributed by atoms with E-state index in [1.165, 1.54) is 4.90 Å². The van der Waals surface area contributed by atoms with E-state index >= 15 is 0 Å². The van der Waals surface area contributed by atoms with E-state index in [4.69, 9.17) is 4.74 Å². The van der Waals surface area contributed by atoms with Gasteiger partial charge in [-0.15, -0.1) is 6.58 Å². The van der Waals surface area contributed by atoms with Crippen molar-refractivity contribution in [2.45, 2.75) is 58.7 Å². The lowest BCUT2D eigenvalue weighted by atomic mass is 9.98. The second-order valence-corrected chi connectivity index (χ2v) is 12.1. The molecule has 218 valence electrons. The number of alkyl carbamates (subject to hydrolysis) is 1. The van der Waals surface area contributed by atoms with E-state index < -0.39 is 23.8 Å². The number of thioether (sulfide) groups is 1. The lowest BCUT2D eigenvalue weighted by molar-refractivity contribution is -0.140. The standard InChI is InChI=1S/C33H41N3O4S/c1-8-16-36(31(38)28(15-17-41-7)35-32(39)40-33(4,5)6)29(26-19-22(2)18-23(3)20-26)30(37)34-27-14-13-24-11-9-10-12-25(24)21-27/h8-14,18-21,28-29H,1,15-17H2,2-7H3,(H,34,37)(H,35,39). The quantitative estimate of drug-likeness (QED) is 0.246. The number of hydrogen-bond donors (Lipinski definition) is 2. The third kappa shape index (κ3) is 9.11. The van der Waals surface area contributed by atoms with Gasteiger partial charge in [0.25, 0.3) is 5.91 Å². The van der Waals surface area contributed by atoms with Gasteiger partial charge in [-0.3, -0.25) is 9.59 Å². The topological polar surface area (TPSA) is 87.7 Å². The van der Waals surface area contributed by atoms with Gasteiger partial charge < -0.3 is 20.3 Å². The zero-order chi connectivity index (χ0) is 30.2. The molecule has 0 saturated carbocycles. The third-order valence-electron chi connectivity index (χ3n) is 6.35. The highest BCUT2D eigenvalue weighted by Gasteiger charge is 2.36. The first-order valence-corrected chi connectivity index (χ1v) is 15.1. The number of nitrogens with zero attached hydrogens (tertiary/aromatic N) is 1. The number of carbonyl (C=O) groups is 3. The van der Waals surface area contributed by atoms with Gasteiger partial charge in [0, 0.05) is 12.2 Å². The molecule has 0 saturated heterocycles. The predicted octanol–water partition coefficient (Wildman–Crippen LogP) is 6.80. The summed E-state index contributed by atoms with van der Waals surface area (Å²) in [5.41, 5.74) is 2.52. The van der Waals surface area contributed by atoms with E-state index in [2.05, 4.69) is 17.2 Å². The van der Waals surface area contributed by atoms with Gasteiger partial charge in [0.1, 0.15) is 17.7 Å². The van der Waals surface area contributed by atoms with E-state index in [1.807, 2.05) is 80.8 Å². The van der Waals surface area contributed by atoms with Gasteiger partial charge >= 0.3 is 6.09 Å². The van der Waals surface area contributed by atoms with Crippen LogP contribution in [0.4, 0.5) is 10.5 Å². The van der Waals surface area contributed by atoms with E-state index in [9.17, 15) is 14.4 Å². The molecule has 0 aliphatic heterocycles. The molecule has 41 heavy (non-hydrogen) atoms. The second kappa shape index (κ2) is 14.2. The largest absolute Gasteiger partial charge is 0.444 e. The molecular formula is C33H41N3O4S. The summed E-state index contributed by atoms with van der Waals surface area (Å²) in [6.07, 6.45) is 3.22. The Morgan fingerprint density at radius 3 is 2.27 bits per heavy atom. The first kappa shape index (κ1) is 31.7. The molecule has 0 aliphatic rings. The number of carbonyl (C=O) groups excluding carboxylic acids is 3. The summed E-state index contributed by atoms with van der Waals surface area (Å²) in [6.45, 7) is 13.2. The zero-order valence-electron chi connectivity index (χ0n) is 24.8. The van der Waals surface area contributed by atoms with Crippen LogP contribution in [0.15, 0.2) is 73.3 Å². The molecule has 2 atom stereocenters. The molecule has 0 aliphatic carbocycles. The fourth-order valence-corrected chi connectivity index (χ4v) is 5.19. The van der Waals surface area contributed by atoms with E-state index in [0.717, 1.165) is 21.9 Å². The number of rotatable bonds is 11. The fraction of sp³-hybridized carbons (Fsp3) is 0.364. The number of aryl methyl sites for hydroxylation is 2. The van der Waals surface area contributed by atoms with Crippen LogP contribution >= 0.6 is 11.8 Å². The highest BCUT2D eigenvalue weighted by molar-refractivity contribution is 7.98. The fourth-order valence-electron chi connectivity index (χ4n) is 4.72. The van der Waals surface area contributed by atoms with Crippen LogP contribution in [0.1, 0.15) is 49.9 Å². The first-order chi connectivity index (χ1) is 19.4. The molecule has 2 unspecified atom stereocenters. The Morgan fingerprint density at radius 1 is 1.00 bits per heavy atom. The van der Waals surface area contributed by atoms with Crippen LogP contribution in [0, 0.1) is 13.8 Å². The molecule has 0 heterocycles. The molecule has 0 aromatic heterocycles. The van der Waals surface area contributed by atoms with Crippen LogP contribution in [0.25, 0.3) is 10.8 Å². The lowest BCUT2D eigenvalue weighted by Gasteiger charge is -2.34. The number of amides is 3. The molecule has 0 bridgehead atoms. The van der Waals surface area contributed by atoms with Crippen molar-refractivity contribution in [3.8, 4) is 0 Å². The summed E-state index contributed by atoms with van der Waals surface area (Å²) >= 11 is 1.57. The van der Waals surface area contributed by atoms with Gasteiger partial charge in [0.2, 0.25) is 5.91 Å². The van der Waals surface area contributed by atoms with Crippen LogP contribution in [-0.2, 0) is 14.3 Å². The third-order valence-corrected chi connectivity index (χ3v) is 6.99. The number of benzene rings is 3. The summed E-state index contributed by atoms with van der Waals surface area (Å²) in [4.78, 5) is 42.5. The minimum Gasteiger partial charge on any atom is -0.444 e. The van der Waals surface area contributed by atoms with Crippen LogP contribution in [0.2, 0.25) is 0 Å². The van der Waals surface area contributed by atoms with Gasteiger partial charge in [0.05, 0.1) is 0 Å². The van der Waals surface area contributed by atoms with E-state index in [0.29, 0.717) is 23.4 Å². The molecule has 3 aromatic carbocycles. The highest BCUT2D eigenvalue weighted by atomic mass is 32.2. The van der Waals surface area contributed by atoms with Crippen molar-refractivity contribution in [2.75, 3.05) is 23.9 Å². The maximum absolute atomic E-state index is 14.2. The van der Waals surface area contributed by atoms with Gasteiger partial charge in [-0.1, -0.05) is 65.7 Å². The van der Waals surface area contributed by atoms with Gasteiger partial charge in [-0.05, 0) is 81.5 Å². The number of anilines is 1. The Balaban J connectivity index is 2.03. The van der Waals surface area contributed by atoms with Crippen molar-refractivity contribution < 1.29 is 19.1 Å². The minimum absolute atomic E-state index is 0.105. The lowest BCUT2D eigenvalue weighted by Crippen LogP contribution is -2.52. The van der Waals surface area contributed by atoms with Crippen LogP contribution in [-0.4, -0.2) is 53.0 Å². The molecule has 0 radical (unpaired) electrons. The summed E-state index contributed by atoms with van der Waals surface area (Å²) in [5.74, 6) is -0.116. The second-order valence-electron chi connectivity index (χ2n) is 11.1. The van der Waals surface area contributed by atoms with Crippen molar-refractivity contribution >= 4 is 46.1 Å². The Labute approximate surface area is 247 Å². The van der Waals surface area contributed by atoms with Gasteiger partial charge in [-0.2, -0.15) is 11.8 Å². The summed E-state index contributed by atoms with van der Waals surface area (Å²) in [5, 5.41) is 7.84. The summed E-state index contributed by atoms with van der Waals surface area (Å²) in [7, 11) is 0. The van der Waals surface area contributed by atoms with Crippen molar-refractivity contribution in [1.82, 2.24) is 10.2 Å². The van der Waals surface area contributed by atoms with Crippen LogP contribution in [0.5, 0.6) is 0 Å². The Kier molecular flexibility index (Phi) is 11.0. The van der Waals surface area contributed by atoms with Crippen molar-refractivity contribution in [3.05, 3.63) is 90.0 Å². The summed E-state index contributed by atoms with van der Waals surface area (Å²) in [6, 6.07) is 17.6. The molecule has 3 rings (SSSR count). The van der Waals surface area contributed by atoms with Crippen LogP contribution in [0.3, 0.4) is 0 Å². The Hall–Kier alpha value is -3.78. The number of fused-ring (bicyclic) bond motifs is 1. The van der Waals surface area contributed by atoms with E-state index in [1.54, 1.807) is 38.6 Å². The molecule has 7 nitrogen and oxygen atoms in total. The molecule has 0 fully saturated rings. The smallest absolute Gasteiger partial charge is 0.408 e. The van der Waals surface area contributed by atoms with Gasteiger partial charge in [-0.25, -0.2) is 4.79 Å². The number of nitrogens with one attached hydrogen (secondary N) is 2. The number of hydrogen-bond acceptors (Lipinski definition) is 5. The maximum atomic E-state index is 14.2. The summed E-state index contributed by atoms with van der Waals surface area (Å²) < 4.78 is 5.45. The van der Waals surface area contributed by atoms with Crippen LogP contribution < -0.4 is 10.6 Å². The highest BCUT2D eigenvalue weighted by Crippen LogP contribution is 2.28. The normalized spacial score (nSPS) is 12.7. The molecule has 2 N–H and O–H groups in total. The maximum Gasteiger partial charge on any atom is 0.408 e. The van der Waals surface area contributed by atoms with Crippen molar-refractivity contribution in [3.63, 3.8) is 0 Å². The zero-order valence-corrected chi connectivity index (χ0v) is 25.6.